The molecule has 0 saturated heterocycles. The Balaban J connectivity index is 3.01. The van der Waals surface area contributed by atoms with E-state index < -0.39 is 84.0 Å². The van der Waals surface area contributed by atoms with Crippen LogP contribution >= 0.6 is 0 Å². The molecule has 0 aromatic carbocycles. The number of hydrogen-bond acceptors (Lipinski definition) is 9. The van der Waals surface area contributed by atoms with E-state index in [0.29, 0.717) is 31.5 Å². The van der Waals surface area contributed by atoms with Gasteiger partial charge in [-0.15, -0.1) is 0 Å². The molecule has 0 aliphatic heterocycles. The van der Waals surface area contributed by atoms with E-state index in [1.165, 1.54) is 26.4 Å². The van der Waals surface area contributed by atoms with Gasteiger partial charge in [0.1, 0.15) is 30.2 Å². The van der Waals surface area contributed by atoms with Crippen LogP contribution in [0.15, 0.2) is 12.5 Å². The highest BCUT2D eigenvalue weighted by Crippen LogP contribution is 2.07. The average Bonchev–Trinajstić information content (AvgIpc) is 3.42. The number of imidazole rings is 1. The van der Waals surface area contributed by atoms with Crippen molar-refractivity contribution in [3.05, 3.63) is 18.2 Å². The number of unbranched alkanes of at least 4 members (excludes halogenated alkanes) is 1. The summed E-state index contributed by atoms with van der Waals surface area (Å²) in [6, 6.07) is -5.98. The summed E-state index contributed by atoms with van der Waals surface area (Å²) in [6.07, 6.45) is 3.58. The van der Waals surface area contributed by atoms with Gasteiger partial charge < -0.3 is 48.1 Å². The molecule has 17 heteroatoms. The smallest absolute Gasteiger partial charge is 0.305 e. The number of H-pyrrole nitrogens is 1. The fourth-order valence-corrected chi connectivity index (χ4v) is 3.96. The molecule has 0 radical (unpaired) electrons. The van der Waals surface area contributed by atoms with Crippen LogP contribution in [0.5, 0.6) is 0 Å². The molecule has 0 saturated carbocycles. The molecule has 0 aliphatic rings. The van der Waals surface area contributed by atoms with E-state index in [1.54, 1.807) is 13.8 Å². The van der Waals surface area contributed by atoms with Crippen LogP contribution in [0.2, 0.25) is 0 Å². The van der Waals surface area contributed by atoms with Gasteiger partial charge in [-0.25, -0.2) is 4.98 Å². The topological polar surface area (TPSA) is 281 Å². The molecular weight excluding hydrogens is 566 g/mol. The van der Waals surface area contributed by atoms with E-state index in [-0.39, 0.29) is 6.42 Å². The summed E-state index contributed by atoms with van der Waals surface area (Å²) in [5.41, 5.74) is 11.2. The van der Waals surface area contributed by atoms with E-state index in [1.807, 2.05) is 0 Å². The van der Waals surface area contributed by atoms with Gasteiger partial charge in [-0.1, -0.05) is 13.8 Å². The number of nitrogens with two attached hydrogens (primary N) is 2. The summed E-state index contributed by atoms with van der Waals surface area (Å²) in [5, 5.41) is 21.4. The predicted octanol–water partition coefficient (Wildman–Crippen LogP) is -2.84. The Hall–Kier alpha value is -4.54. The van der Waals surface area contributed by atoms with E-state index in [9.17, 15) is 33.6 Å². The second-order valence-corrected chi connectivity index (χ2v) is 10.4. The van der Waals surface area contributed by atoms with Gasteiger partial charge in [-0.2, -0.15) is 0 Å². The number of primary amides is 1. The summed E-state index contributed by atoms with van der Waals surface area (Å²) < 4.78 is 0. The monoisotopic (exact) mass is 609 g/mol. The molecule has 1 aromatic heterocycles. The Morgan fingerprint density at radius 2 is 1.49 bits per heavy atom. The van der Waals surface area contributed by atoms with Crippen molar-refractivity contribution in [3.8, 4) is 0 Å². The van der Waals surface area contributed by atoms with Crippen molar-refractivity contribution < 1.29 is 38.7 Å². The van der Waals surface area contributed by atoms with Crippen molar-refractivity contribution in [1.82, 2.24) is 36.6 Å². The van der Waals surface area contributed by atoms with Crippen LogP contribution in [0.1, 0.15) is 59.1 Å². The maximum Gasteiger partial charge on any atom is 0.305 e. The molecule has 0 aliphatic carbocycles. The fraction of sp³-hybridized carbons (Fsp3) is 0.615. The molecule has 1 rings (SSSR count). The summed E-state index contributed by atoms with van der Waals surface area (Å²) in [4.78, 5) is 93.1. The van der Waals surface area contributed by atoms with Crippen molar-refractivity contribution in [2.45, 2.75) is 90.0 Å². The van der Waals surface area contributed by atoms with E-state index >= 15 is 0 Å². The summed E-state index contributed by atoms with van der Waals surface area (Å²) >= 11 is 0. The van der Waals surface area contributed by atoms with Crippen LogP contribution < -0.4 is 38.1 Å². The first-order valence-corrected chi connectivity index (χ1v) is 13.8. The van der Waals surface area contributed by atoms with Crippen LogP contribution in [-0.2, 0) is 40.0 Å². The molecule has 240 valence electrons. The molecule has 1 heterocycles. The number of amides is 6. The lowest BCUT2D eigenvalue weighted by atomic mass is 10.0. The first-order chi connectivity index (χ1) is 20.2. The Morgan fingerprint density at radius 3 is 2.00 bits per heavy atom. The molecule has 0 fully saturated rings. The van der Waals surface area contributed by atoms with Crippen LogP contribution in [0, 0.1) is 5.92 Å². The summed E-state index contributed by atoms with van der Waals surface area (Å²) in [7, 11) is 0. The lowest BCUT2D eigenvalue weighted by molar-refractivity contribution is -0.140. The normalized spacial score (nSPS) is 14.4. The van der Waals surface area contributed by atoms with Gasteiger partial charge in [-0.3, -0.25) is 33.6 Å². The van der Waals surface area contributed by atoms with Crippen LogP contribution in [-0.4, -0.2) is 93.2 Å². The average molecular weight is 610 g/mol. The van der Waals surface area contributed by atoms with Crippen LogP contribution in [0.3, 0.4) is 0 Å². The number of aromatic nitrogens is 2. The second-order valence-electron chi connectivity index (χ2n) is 10.4. The lowest BCUT2D eigenvalue weighted by Gasteiger charge is -2.27. The van der Waals surface area contributed by atoms with Crippen molar-refractivity contribution in [2.75, 3.05) is 6.54 Å². The highest BCUT2D eigenvalue weighted by molar-refractivity contribution is 5.96. The van der Waals surface area contributed by atoms with E-state index in [0.717, 1.165) is 0 Å². The maximum absolute atomic E-state index is 13.3. The molecule has 0 spiro atoms. The number of aliphatic carboxylic acids is 1. The lowest BCUT2D eigenvalue weighted by Crippen LogP contribution is -2.59. The standard InChI is InChI=1S/C26H43N9O8/c1-13(2)21(26(43)33-18(22(28)39)10-20(37)38)35-23(40)14(3)31-25(42)19(9-16-11-29-12-30-16)34-24(41)17(32-15(4)36)7-5-6-8-27/h11-14,17-19,21H,5-10,27H2,1-4H3,(H2,28,39)(H,29,30)(H,31,42)(H,32,36)(H,33,43)(H,34,41)(H,35,40)(H,37,38)/t14-,17-,18-,19-,21-/m0/s1. The number of nitrogens with one attached hydrogen (secondary N) is 6. The van der Waals surface area contributed by atoms with Gasteiger partial charge in [0.15, 0.2) is 0 Å². The Bertz CT molecular complexity index is 1130. The molecule has 1 aromatic rings. The summed E-state index contributed by atoms with van der Waals surface area (Å²) in [6.45, 7) is 6.26. The minimum atomic E-state index is -1.50. The zero-order valence-electron chi connectivity index (χ0n) is 24.8. The van der Waals surface area contributed by atoms with E-state index in [2.05, 4.69) is 36.6 Å². The SMILES string of the molecule is CC(=O)N[C@@H](CCCCN)C(=O)N[C@@H](Cc1cnc[nH]1)C(=O)N[C@@H](C)C(=O)N[C@H](C(=O)N[C@@H](CC(=O)O)C(N)=O)C(C)C. The van der Waals surface area contributed by atoms with E-state index in [4.69, 9.17) is 16.6 Å². The minimum absolute atomic E-state index is 0.0173. The Labute approximate surface area is 249 Å². The predicted molar refractivity (Wildman–Crippen MR) is 152 cm³/mol. The number of carbonyl (C=O) groups is 7. The molecule has 17 nitrogen and oxygen atoms in total. The largest absolute Gasteiger partial charge is 0.481 e. The number of hydrogen-bond donors (Lipinski definition) is 9. The van der Waals surface area contributed by atoms with Crippen molar-refractivity contribution in [1.29, 1.82) is 0 Å². The molecule has 0 unspecified atom stereocenters. The minimum Gasteiger partial charge on any atom is -0.481 e. The highest BCUT2D eigenvalue weighted by atomic mass is 16.4. The first-order valence-electron chi connectivity index (χ1n) is 13.8. The summed E-state index contributed by atoms with van der Waals surface area (Å²) in [5.74, 6) is -6.28. The van der Waals surface area contributed by atoms with Gasteiger partial charge in [0, 0.05) is 25.2 Å². The molecule has 5 atom stereocenters. The van der Waals surface area contributed by atoms with Crippen molar-refractivity contribution >= 4 is 41.4 Å². The van der Waals surface area contributed by atoms with Gasteiger partial charge in [0.25, 0.3) is 0 Å². The molecule has 6 amide bonds. The second kappa shape index (κ2) is 18.1. The number of aromatic amines is 1. The zero-order chi connectivity index (χ0) is 32.7. The van der Waals surface area contributed by atoms with Crippen molar-refractivity contribution in [3.63, 3.8) is 0 Å². The Morgan fingerprint density at radius 1 is 0.860 bits per heavy atom. The van der Waals surface area contributed by atoms with Gasteiger partial charge in [0.05, 0.1) is 12.7 Å². The highest BCUT2D eigenvalue weighted by Gasteiger charge is 2.32. The Kier molecular flexibility index (Phi) is 15.4. The number of carboxylic acid groups (broad SMARTS) is 1. The van der Waals surface area contributed by atoms with Crippen LogP contribution in [0.4, 0.5) is 0 Å². The third kappa shape index (κ3) is 13.3. The molecule has 0 bridgehead atoms. The van der Waals surface area contributed by atoms with Gasteiger partial charge >= 0.3 is 5.97 Å². The van der Waals surface area contributed by atoms with Crippen molar-refractivity contribution in [2.24, 2.45) is 17.4 Å². The maximum atomic E-state index is 13.3. The third-order valence-electron chi connectivity index (χ3n) is 6.29. The molecule has 43 heavy (non-hydrogen) atoms. The number of carboxylic acids is 1. The number of rotatable bonds is 19. The first kappa shape index (κ1) is 36.5. The third-order valence-corrected chi connectivity index (χ3v) is 6.29. The number of carbonyl (C=O) groups excluding carboxylic acids is 6. The van der Waals surface area contributed by atoms with Gasteiger partial charge in [-0.05, 0) is 38.6 Å². The quantitative estimate of drug-likeness (QED) is 0.0724. The molecular formula is C26H43N9O8. The van der Waals surface area contributed by atoms with Crippen LogP contribution in [0.25, 0.3) is 0 Å². The fourth-order valence-electron chi connectivity index (χ4n) is 3.96. The van der Waals surface area contributed by atoms with Gasteiger partial charge in [0.2, 0.25) is 35.4 Å². The number of nitrogens with zero attached hydrogens (tertiary/aromatic N) is 1. The zero-order valence-corrected chi connectivity index (χ0v) is 24.8. The molecule has 11 N–H and O–H groups in total.